The van der Waals surface area contributed by atoms with E-state index in [0.29, 0.717) is 13.2 Å². The zero-order valence-electron chi connectivity index (χ0n) is 21.2. The Morgan fingerprint density at radius 3 is 0.946 bits per heavy atom. The van der Waals surface area contributed by atoms with Crippen LogP contribution in [0.3, 0.4) is 0 Å². The van der Waals surface area contributed by atoms with Crippen molar-refractivity contribution in [2.75, 3.05) is 13.2 Å². The standard InChI is InChI=1S/C33H32O4/c1-31(2,36-32(29-23-34-29,25-15-7-3-8-16-25)26-17-9-4-10-18-26)37-33(30-24-35-30,27-19-11-5-12-20-27)28-21-13-6-14-22-28/h3-22,29-30H,23-24H2,1-2H3. The van der Waals surface area contributed by atoms with Gasteiger partial charge in [0.15, 0.2) is 5.79 Å². The van der Waals surface area contributed by atoms with E-state index >= 15 is 0 Å². The number of hydrogen-bond acceptors (Lipinski definition) is 4. The van der Waals surface area contributed by atoms with Gasteiger partial charge >= 0.3 is 0 Å². The first kappa shape index (κ1) is 24.1. The van der Waals surface area contributed by atoms with Crippen LogP contribution in [-0.4, -0.2) is 31.2 Å². The molecule has 2 heterocycles. The molecule has 4 nitrogen and oxygen atoms in total. The van der Waals surface area contributed by atoms with E-state index < -0.39 is 17.0 Å². The van der Waals surface area contributed by atoms with Crippen LogP contribution in [-0.2, 0) is 30.1 Å². The van der Waals surface area contributed by atoms with Crippen LogP contribution in [0.2, 0.25) is 0 Å². The van der Waals surface area contributed by atoms with Crippen molar-refractivity contribution in [3.05, 3.63) is 144 Å². The minimum Gasteiger partial charge on any atom is -0.369 e. The summed E-state index contributed by atoms with van der Waals surface area (Å²) in [6.45, 7) is 5.24. The SMILES string of the molecule is CC(C)(OC(c1ccccc1)(c1ccccc1)C1CO1)OC(c1ccccc1)(c1ccccc1)C1CO1. The molecule has 0 aliphatic carbocycles. The molecule has 4 aromatic carbocycles. The van der Waals surface area contributed by atoms with E-state index in [9.17, 15) is 0 Å². The molecular formula is C33H32O4. The Balaban J connectivity index is 1.47. The van der Waals surface area contributed by atoms with Crippen LogP contribution >= 0.6 is 0 Å². The maximum Gasteiger partial charge on any atom is 0.166 e. The third-order valence-electron chi connectivity index (χ3n) is 7.20. The molecule has 0 N–H and O–H groups in total. The zero-order chi connectivity index (χ0) is 25.3. The Hall–Kier alpha value is -3.28. The lowest BCUT2D eigenvalue weighted by Gasteiger charge is -2.46. The van der Waals surface area contributed by atoms with Crippen molar-refractivity contribution in [2.24, 2.45) is 0 Å². The number of ether oxygens (including phenoxy) is 4. The van der Waals surface area contributed by atoms with Crippen molar-refractivity contribution in [2.45, 2.75) is 43.0 Å². The Kier molecular flexibility index (Phi) is 6.21. The lowest BCUT2D eigenvalue weighted by atomic mass is 9.82. The summed E-state index contributed by atoms with van der Waals surface area (Å²) in [4.78, 5) is 0. The topological polar surface area (TPSA) is 43.5 Å². The van der Waals surface area contributed by atoms with Crippen LogP contribution in [0.1, 0.15) is 36.1 Å². The lowest BCUT2D eigenvalue weighted by molar-refractivity contribution is -0.308. The zero-order valence-corrected chi connectivity index (χ0v) is 21.2. The van der Waals surface area contributed by atoms with Crippen molar-refractivity contribution < 1.29 is 18.9 Å². The quantitative estimate of drug-likeness (QED) is 0.189. The molecule has 0 amide bonds. The second kappa shape index (κ2) is 9.55. The Bertz CT molecular complexity index is 1120. The van der Waals surface area contributed by atoms with Crippen molar-refractivity contribution in [1.82, 2.24) is 0 Å². The molecule has 2 fully saturated rings. The molecule has 6 rings (SSSR count). The average Bonchev–Trinajstić information content (AvgIpc) is 3.86. The van der Waals surface area contributed by atoms with E-state index in [-0.39, 0.29) is 12.2 Å². The van der Waals surface area contributed by atoms with Gasteiger partial charge in [0.2, 0.25) is 0 Å². The third-order valence-corrected chi connectivity index (χ3v) is 7.20. The molecule has 2 saturated heterocycles. The highest BCUT2D eigenvalue weighted by atomic mass is 16.7. The van der Waals surface area contributed by atoms with Crippen molar-refractivity contribution >= 4 is 0 Å². The molecule has 2 unspecified atom stereocenters. The van der Waals surface area contributed by atoms with E-state index in [1.54, 1.807) is 0 Å². The highest BCUT2D eigenvalue weighted by molar-refractivity contribution is 5.41. The molecular weight excluding hydrogens is 460 g/mol. The molecule has 37 heavy (non-hydrogen) atoms. The summed E-state index contributed by atoms with van der Waals surface area (Å²) in [5.41, 5.74) is 2.47. The molecule has 0 bridgehead atoms. The predicted octanol–water partition coefficient (Wildman–Crippen LogP) is 6.44. The lowest BCUT2D eigenvalue weighted by Crippen LogP contribution is -2.51. The highest BCUT2D eigenvalue weighted by Crippen LogP contribution is 2.50. The molecule has 188 valence electrons. The van der Waals surface area contributed by atoms with Gasteiger partial charge in [-0.1, -0.05) is 121 Å². The molecule has 0 radical (unpaired) electrons. The molecule has 4 aromatic rings. The smallest absolute Gasteiger partial charge is 0.166 e. The number of epoxide rings is 2. The van der Waals surface area contributed by atoms with Crippen molar-refractivity contribution in [3.8, 4) is 0 Å². The van der Waals surface area contributed by atoms with Gasteiger partial charge in [-0.2, -0.15) is 0 Å². The number of rotatable bonds is 10. The largest absolute Gasteiger partial charge is 0.369 e. The number of hydrogen-bond donors (Lipinski definition) is 0. The third kappa shape index (κ3) is 4.51. The summed E-state index contributed by atoms with van der Waals surface area (Å²) in [7, 11) is 0. The van der Waals surface area contributed by atoms with E-state index in [2.05, 4.69) is 48.5 Å². The van der Waals surface area contributed by atoms with Gasteiger partial charge in [0, 0.05) is 0 Å². The highest BCUT2D eigenvalue weighted by Gasteiger charge is 2.58. The fourth-order valence-electron chi connectivity index (χ4n) is 5.55. The second-order valence-electron chi connectivity index (χ2n) is 10.2. The van der Waals surface area contributed by atoms with Crippen LogP contribution in [0.15, 0.2) is 121 Å². The molecule has 2 aliphatic heterocycles. The van der Waals surface area contributed by atoms with Gasteiger partial charge in [-0.3, -0.25) is 0 Å². The molecule has 0 aromatic heterocycles. The second-order valence-corrected chi connectivity index (χ2v) is 10.2. The summed E-state index contributed by atoms with van der Waals surface area (Å²) in [6, 6.07) is 41.3. The minimum absolute atomic E-state index is 0.125. The van der Waals surface area contributed by atoms with Crippen LogP contribution in [0.5, 0.6) is 0 Å². The van der Waals surface area contributed by atoms with Crippen LogP contribution in [0.4, 0.5) is 0 Å². The van der Waals surface area contributed by atoms with Gasteiger partial charge in [-0.25, -0.2) is 0 Å². The van der Waals surface area contributed by atoms with Crippen molar-refractivity contribution in [1.29, 1.82) is 0 Å². The van der Waals surface area contributed by atoms with Crippen LogP contribution in [0.25, 0.3) is 0 Å². The molecule has 0 spiro atoms. The van der Waals surface area contributed by atoms with Gasteiger partial charge < -0.3 is 18.9 Å². The Morgan fingerprint density at radius 1 is 0.486 bits per heavy atom. The summed E-state index contributed by atoms with van der Waals surface area (Å²) in [5.74, 6) is -1.03. The summed E-state index contributed by atoms with van der Waals surface area (Å²) in [5, 5.41) is 0. The molecule has 2 aliphatic rings. The van der Waals surface area contributed by atoms with Gasteiger partial charge in [-0.05, 0) is 36.1 Å². The summed E-state index contributed by atoms with van der Waals surface area (Å²) < 4.78 is 26.4. The first-order valence-electron chi connectivity index (χ1n) is 12.9. The fraction of sp³-hybridized carbons (Fsp3) is 0.273. The van der Waals surface area contributed by atoms with E-state index in [4.69, 9.17) is 18.9 Å². The average molecular weight is 493 g/mol. The van der Waals surface area contributed by atoms with E-state index in [0.717, 1.165) is 22.3 Å². The predicted molar refractivity (Wildman–Crippen MR) is 143 cm³/mol. The first-order chi connectivity index (χ1) is 18.0. The van der Waals surface area contributed by atoms with E-state index in [1.807, 2.05) is 86.6 Å². The monoisotopic (exact) mass is 492 g/mol. The van der Waals surface area contributed by atoms with Gasteiger partial charge in [0.25, 0.3) is 0 Å². The maximum atomic E-state index is 7.20. The first-order valence-corrected chi connectivity index (χ1v) is 12.9. The Labute approximate surface area is 218 Å². The minimum atomic E-state index is -1.03. The molecule has 0 saturated carbocycles. The normalized spacial score (nSPS) is 19.4. The van der Waals surface area contributed by atoms with Crippen molar-refractivity contribution in [3.63, 3.8) is 0 Å². The molecule has 4 heteroatoms. The van der Waals surface area contributed by atoms with Gasteiger partial charge in [0.05, 0.1) is 13.2 Å². The fourth-order valence-corrected chi connectivity index (χ4v) is 5.55. The van der Waals surface area contributed by atoms with Crippen LogP contribution in [0, 0.1) is 0 Å². The Morgan fingerprint density at radius 2 is 0.730 bits per heavy atom. The van der Waals surface area contributed by atoms with Gasteiger partial charge in [-0.15, -0.1) is 0 Å². The molecule has 2 atom stereocenters. The van der Waals surface area contributed by atoms with Gasteiger partial charge in [0.1, 0.15) is 23.4 Å². The summed E-state index contributed by atoms with van der Waals surface area (Å²) in [6.07, 6.45) is -0.250. The number of benzene rings is 4. The summed E-state index contributed by atoms with van der Waals surface area (Å²) >= 11 is 0. The van der Waals surface area contributed by atoms with E-state index in [1.165, 1.54) is 0 Å². The maximum absolute atomic E-state index is 7.20. The van der Waals surface area contributed by atoms with Crippen LogP contribution < -0.4 is 0 Å².